The van der Waals surface area contributed by atoms with Crippen LogP contribution >= 0.6 is 0 Å². The van der Waals surface area contributed by atoms with Crippen molar-refractivity contribution in [1.82, 2.24) is 15.1 Å². The number of carbonyl (C=O) groups excluding carboxylic acids is 4. The number of rotatable bonds is 8. The second-order valence-electron chi connectivity index (χ2n) is 5.40. The van der Waals surface area contributed by atoms with E-state index in [0.717, 1.165) is 16.0 Å². The fraction of sp³-hybridized carbons (Fsp3) is 0.294. The molecule has 8 heteroatoms. The van der Waals surface area contributed by atoms with Gasteiger partial charge in [0.15, 0.2) is 0 Å². The van der Waals surface area contributed by atoms with E-state index in [1.54, 1.807) is 7.11 Å². The SMILES string of the molecule is C=CCN1C(=O)C(=O)N(CC(=O)NCc2ccc(COC)cc2)C1=O. The molecule has 1 fully saturated rings. The minimum absolute atomic E-state index is 0.0741. The van der Waals surface area contributed by atoms with Gasteiger partial charge in [-0.15, -0.1) is 6.58 Å². The van der Waals surface area contributed by atoms with Crippen molar-refractivity contribution >= 4 is 23.8 Å². The van der Waals surface area contributed by atoms with Gasteiger partial charge in [0, 0.05) is 20.2 Å². The van der Waals surface area contributed by atoms with Crippen LogP contribution in [0.5, 0.6) is 0 Å². The Morgan fingerprint density at radius 3 is 2.32 bits per heavy atom. The lowest BCUT2D eigenvalue weighted by Gasteiger charge is -2.14. The molecule has 1 heterocycles. The van der Waals surface area contributed by atoms with Gasteiger partial charge < -0.3 is 10.1 Å². The van der Waals surface area contributed by atoms with E-state index in [1.165, 1.54) is 6.08 Å². The molecular weight excluding hydrogens is 326 g/mol. The van der Waals surface area contributed by atoms with Gasteiger partial charge in [0.05, 0.1) is 6.61 Å². The highest BCUT2D eigenvalue weighted by atomic mass is 16.5. The maximum absolute atomic E-state index is 12.0. The van der Waals surface area contributed by atoms with Crippen molar-refractivity contribution in [1.29, 1.82) is 0 Å². The van der Waals surface area contributed by atoms with Crippen molar-refractivity contribution in [3.05, 3.63) is 48.0 Å². The lowest BCUT2D eigenvalue weighted by Crippen LogP contribution is -2.41. The summed E-state index contributed by atoms with van der Waals surface area (Å²) in [5, 5.41) is 2.61. The van der Waals surface area contributed by atoms with Gasteiger partial charge >= 0.3 is 17.8 Å². The quantitative estimate of drug-likeness (QED) is 0.419. The van der Waals surface area contributed by atoms with E-state index >= 15 is 0 Å². The lowest BCUT2D eigenvalue weighted by molar-refractivity contribution is -0.143. The summed E-state index contributed by atoms with van der Waals surface area (Å²) in [7, 11) is 1.61. The number of nitrogens with zero attached hydrogens (tertiary/aromatic N) is 2. The van der Waals surface area contributed by atoms with Crippen molar-refractivity contribution < 1.29 is 23.9 Å². The lowest BCUT2D eigenvalue weighted by atomic mass is 10.1. The topological polar surface area (TPSA) is 96.0 Å². The first-order valence-electron chi connectivity index (χ1n) is 7.59. The van der Waals surface area contributed by atoms with Crippen LogP contribution in [0.2, 0.25) is 0 Å². The van der Waals surface area contributed by atoms with Gasteiger partial charge in [-0.25, -0.2) is 9.69 Å². The van der Waals surface area contributed by atoms with Crippen molar-refractivity contribution in [2.45, 2.75) is 13.2 Å². The van der Waals surface area contributed by atoms with E-state index < -0.39 is 30.3 Å². The van der Waals surface area contributed by atoms with Crippen molar-refractivity contribution in [2.75, 3.05) is 20.2 Å². The molecule has 1 aromatic carbocycles. The highest BCUT2D eigenvalue weighted by molar-refractivity contribution is 6.45. The van der Waals surface area contributed by atoms with Crippen molar-refractivity contribution in [2.24, 2.45) is 0 Å². The first-order chi connectivity index (χ1) is 12.0. The Hall–Kier alpha value is -3.00. The number of benzene rings is 1. The highest BCUT2D eigenvalue weighted by Gasteiger charge is 2.44. The summed E-state index contributed by atoms with van der Waals surface area (Å²) >= 11 is 0. The third kappa shape index (κ3) is 4.30. The minimum atomic E-state index is -1.01. The summed E-state index contributed by atoms with van der Waals surface area (Å²) in [4.78, 5) is 48.8. The number of hydrogen-bond donors (Lipinski definition) is 1. The molecule has 0 saturated carbocycles. The number of methoxy groups -OCH3 is 1. The Labute approximate surface area is 145 Å². The molecular formula is C17H19N3O5. The number of carbonyl (C=O) groups is 4. The van der Waals surface area contributed by atoms with Crippen LogP contribution in [0.15, 0.2) is 36.9 Å². The Morgan fingerprint density at radius 2 is 1.72 bits per heavy atom. The maximum Gasteiger partial charge on any atom is 0.335 e. The molecule has 0 aliphatic carbocycles. The van der Waals surface area contributed by atoms with Crippen LogP contribution in [-0.4, -0.2) is 53.8 Å². The monoisotopic (exact) mass is 345 g/mol. The molecule has 8 nitrogen and oxygen atoms in total. The number of urea groups is 1. The van der Waals surface area contributed by atoms with Gasteiger partial charge in [-0.3, -0.25) is 19.3 Å². The molecule has 0 unspecified atom stereocenters. The summed E-state index contributed by atoms with van der Waals surface area (Å²) in [6.07, 6.45) is 1.33. The predicted molar refractivity (Wildman–Crippen MR) is 88.0 cm³/mol. The second kappa shape index (κ2) is 8.20. The normalized spacial score (nSPS) is 14.2. The third-order valence-electron chi connectivity index (χ3n) is 3.57. The van der Waals surface area contributed by atoms with Crippen LogP contribution < -0.4 is 5.32 Å². The Morgan fingerprint density at radius 1 is 1.12 bits per heavy atom. The zero-order valence-electron chi connectivity index (χ0n) is 13.9. The maximum atomic E-state index is 12.0. The van der Waals surface area contributed by atoms with Crippen LogP contribution in [0.1, 0.15) is 11.1 Å². The van der Waals surface area contributed by atoms with Gasteiger partial charge in [-0.2, -0.15) is 0 Å². The van der Waals surface area contributed by atoms with Crippen LogP contribution in [0, 0.1) is 0 Å². The molecule has 132 valence electrons. The molecule has 0 aromatic heterocycles. The first kappa shape index (κ1) is 18.3. The van der Waals surface area contributed by atoms with E-state index in [1.807, 2.05) is 24.3 Å². The summed E-state index contributed by atoms with van der Waals surface area (Å²) < 4.78 is 5.02. The Kier molecular flexibility index (Phi) is 6.02. The molecule has 2 rings (SSSR count). The summed E-state index contributed by atoms with van der Waals surface area (Å²) in [6.45, 7) is 3.59. The van der Waals surface area contributed by atoms with Crippen molar-refractivity contribution in [3.8, 4) is 0 Å². The second-order valence-corrected chi connectivity index (χ2v) is 5.40. The molecule has 0 bridgehead atoms. The number of ether oxygens (including phenoxy) is 1. The van der Waals surface area contributed by atoms with Crippen LogP contribution in [0.3, 0.4) is 0 Å². The van der Waals surface area contributed by atoms with E-state index in [2.05, 4.69) is 11.9 Å². The fourth-order valence-corrected chi connectivity index (χ4v) is 2.30. The summed E-state index contributed by atoms with van der Waals surface area (Å²) in [5.74, 6) is -2.49. The van der Waals surface area contributed by atoms with E-state index in [-0.39, 0.29) is 13.1 Å². The van der Waals surface area contributed by atoms with Crippen LogP contribution in [-0.2, 0) is 32.3 Å². The highest BCUT2D eigenvalue weighted by Crippen LogP contribution is 2.11. The Bertz CT molecular complexity index is 699. The fourth-order valence-electron chi connectivity index (χ4n) is 2.30. The minimum Gasteiger partial charge on any atom is -0.380 e. The average Bonchev–Trinajstić information content (AvgIpc) is 2.80. The zero-order valence-corrected chi connectivity index (χ0v) is 13.9. The smallest absolute Gasteiger partial charge is 0.335 e. The number of amides is 5. The molecule has 0 radical (unpaired) electrons. The molecule has 1 saturated heterocycles. The van der Waals surface area contributed by atoms with Gasteiger partial charge in [0.1, 0.15) is 6.54 Å². The first-order valence-corrected chi connectivity index (χ1v) is 7.59. The number of hydrogen-bond acceptors (Lipinski definition) is 5. The predicted octanol–water partition coefficient (Wildman–Crippen LogP) is 0.426. The molecule has 1 aliphatic rings. The molecule has 0 spiro atoms. The number of imide groups is 2. The van der Waals surface area contributed by atoms with E-state index in [9.17, 15) is 19.2 Å². The molecule has 1 aliphatic heterocycles. The number of nitrogens with one attached hydrogen (secondary N) is 1. The third-order valence-corrected chi connectivity index (χ3v) is 3.57. The molecule has 5 amide bonds. The summed E-state index contributed by atoms with van der Waals surface area (Å²) in [6, 6.07) is 6.63. The molecule has 1 N–H and O–H groups in total. The summed E-state index contributed by atoms with van der Waals surface area (Å²) in [5.41, 5.74) is 1.86. The van der Waals surface area contributed by atoms with Crippen LogP contribution in [0.4, 0.5) is 4.79 Å². The van der Waals surface area contributed by atoms with Crippen LogP contribution in [0.25, 0.3) is 0 Å². The van der Waals surface area contributed by atoms with E-state index in [0.29, 0.717) is 11.5 Å². The molecule has 25 heavy (non-hydrogen) atoms. The van der Waals surface area contributed by atoms with Gasteiger partial charge in [0.25, 0.3) is 0 Å². The molecule has 0 atom stereocenters. The zero-order chi connectivity index (χ0) is 18.4. The van der Waals surface area contributed by atoms with Gasteiger partial charge in [-0.1, -0.05) is 30.3 Å². The van der Waals surface area contributed by atoms with Gasteiger partial charge in [0.2, 0.25) is 5.91 Å². The largest absolute Gasteiger partial charge is 0.380 e. The van der Waals surface area contributed by atoms with Crippen molar-refractivity contribution in [3.63, 3.8) is 0 Å². The average molecular weight is 345 g/mol. The van der Waals surface area contributed by atoms with E-state index in [4.69, 9.17) is 4.74 Å². The van der Waals surface area contributed by atoms with Gasteiger partial charge in [-0.05, 0) is 11.1 Å². The Balaban J connectivity index is 1.89. The standard InChI is InChI=1S/C17H19N3O5/c1-3-8-19-15(22)16(23)20(17(19)24)10-14(21)18-9-12-4-6-13(7-5-12)11-25-2/h3-7H,1,8-11H2,2H3,(H,18,21). The molecule has 1 aromatic rings.